The maximum absolute atomic E-state index is 12.6. The molecule has 1 aromatic carbocycles. The van der Waals surface area contributed by atoms with Gasteiger partial charge in [-0.25, -0.2) is 9.78 Å². The smallest absolute Gasteiger partial charge is 0.366 e. The normalized spacial score (nSPS) is 17.6. The second kappa shape index (κ2) is 7.14. The van der Waals surface area contributed by atoms with Crippen LogP contribution >= 0.6 is 0 Å². The van der Waals surface area contributed by atoms with Crippen molar-refractivity contribution in [3.63, 3.8) is 0 Å². The van der Waals surface area contributed by atoms with E-state index in [1.165, 1.54) is 0 Å². The zero-order chi connectivity index (χ0) is 18.9. The summed E-state index contributed by atoms with van der Waals surface area (Å²) in [6.45, 7) is 4.39. The first-order valence-electron chi connectivity index (χ1n) is 8.45. The van der Waals surface area contributed by atoms with Crippen LogP contribution in [0.2, 0.25) is 0 Å². The van der Waals surface area contributed by atoms with Crippen molar-refractivity contribution in [1.29, 1.82) is 0 Å². The fourth-order valence-corrected chi connectivity index (χ4v) is 2.93. The lowest BCUT2D eigenvalue weighted by molar-refractivity contribution is -0.224. The lowest BCUT2D eigenvalue weighted by atomic mass is 10.2. The van der Waals surface area contributed by atoms with Crippen LogP contribution in [-0.4, -0.2) is 52.4 Å². The molecule has 0 radical (unpaired) electrons. The Kier molecular flexibility index (Phi) is 5.08. The van der Waals surface area contributed by atoms with Crippen molar-refractivity contribution >= 4 is 17.1 Å². The van der Waals surface area contributed by atoms with Gasteiger partial charge < -0.3 is 19.9 Å². The van der Waals surface area contributed by atoms with Crippen molar-refractivity contribution in [2.24, 2.45) is 0 Å². The molecule has 0 saturated carbocycles. The van der Waals surface area contributed by atoms with E-state index in [1.807, 2.05) is 18.2 Å². The van der Waals surface area contributed by atoms with E-state index < -0.39 is 18.4 Å². The summed E-state index contributed by atoms with van der Waals surface area (Å²) >= 11 is 0. The minimum atomic E-state index is -4.38. The summed E-state index contributed by atoms with van der Waals surface area (Å²) in [5.41, 5.74) is 2.47. The monoisotopic (exact) mass is 370 g/mol. The standard InChI is InChI=1S/C17H21F3N4O2/c1-10(26-11(2)17(18,19)20)7-15-22-13-4-3-12(8-14(13)23-15)9-24-6-5-21-16(24)25/h3-4,8,10-11H,5-7,9H2,1-2H3,(H,21,25)(H,22,23)/t10-,11?/m1/s1. The van der Waals surface area contributed by atoms with Gasteiger partial charge in [-0.05, 0) is 31.5 Å². The summed E-state index contributed by atoms with van der Waals surface area (Å²) in [5, 5.41) is 2.75. The van der Waals surface area contributed by atoms with Crippen LogP contribution in [0.4, 0.5) is 18.0 Å². The maximum atomic E-state index is 12.6. The molecule has 0 spiro atoms. The average Bonchev–Trinajstić information content (AvgIpc) is 3.11. The number of aromatic amines is 1. The number of H-pyrrole nitrogens is 1. The van der Waals surface area contributed by atoms with Gasteiger partial charge in [-0.3, -0.25) is 0 Å². The van der Waals surface area contributed by atoms with Crippen molar-refractivity contribution in [1.82, 2.24) is 20.2 Å². The van der Waals surface area contributed by atoms with Crippen LogP contribution in [-0.2, 0) is 17.7 Å². The molecule has 1 aromatic heterocycles. The fraction of sp³-hybridized carbons (Fsp3) is 0.529. The number of amides is 2. The Morgan fingerprint density at radius 3 is 2.77 bits per heavy atom. The van der Waals surface area contributed by atoms with Gasteiger partial charge in [0, 0.05) is 26.1 Å². The third-order valence-corrected chi connectivity index (χ3v) is 4.29. The number of imidazole rings is 1. The molecule has 2 aromatic rings. The average molecular weight is 370 g/mol. The van der Waals surface area contributed by atoms with Gasteiger partial charge in [-0.1, -0.05) is 6.07 Å². The largest absolute Gasteiger partial charge is 0.414 e. The fourth-order valence-electron chi connectivity index (χ4n) is 2.93. The minimum absolute atomic E-state index is 0.0832. The van der Waals surface area contributed by atoms with E-state index in [0.29, 0.717) is 25.5 Å². The Morgan fingerprint density at radius 2 is 2.12 bits per heavy atom. The number of urea groups is 1. The topological polar surface area (TPSA) is 70.2 Å². The lowest BCUT2D eigenvalue weighted by Crippen LogP contribution is -2.32. The van der Waals surface area contributed by atoms with E-state index in [2.05, 4.69) is 15.3 Å². The van der Waals surface area contributed by atoms with Crippen LogP contribution in [0.1, 0.15) is 25.2 Å². The number of hydrogen-bond acceptors (Lipinski definition) is 3. The molecule has 26 heavy (non-hydrogen) atoms. The molecule has 0 bridgehead atoms. The number of halogens is 3. The van der Waals surface area contributed by atoms with E-state index in [-0.39, 0.29) is 12.5 Å². The van der Waals surface area contributed by atoms with E-state index in [9.17, 15) is 18.0 Å². The SMILES string of the molecule is CC(O[C@H](C)Cc1nc2ccc(CN3CCNC3=O)cc2[nH]1)C(F)(F)F. The molecule has 1 unspecified atom stereocenters. The molecule has 1 saturated heterocycles. The minimum Gasteiger partial charge on any atom is -0.366 e. The Hall–Kier alpha value is -2.29. The van der Waals surface area contributed by atoms with Crippen molar-refractivity contribution < 1.29 is 22.7 Å². The number of hydrogen-bond donors (Lipinski definition) is 2. The number of fused-ring (bicyclic) bond motifs is 1. The van der Waals surface area contributed by atoms with Crippen LogP contribution in [0.5, 0.6) is 0 Å². The molecule has 142 valence electrons. The van der Waals surface area contributed by atoms with Crippen LogP contribution in [0.25, 0.3) is 11.0 Å². The van der Waals surface area contributed by atoms with E-state index in [4.69, 9.17) is 4.74 Å². The second-order valence-corrected chi connectivity index (χ2v) is 6.52. The molecular formula is C17H21F3N4O2. The van der Waals surface area contributed by atoms with Gasteiger partial charge >= 0.3 is 12.2 Å². The predicted molar refractivity (Wildman–Crippen MR) is 89.7 cm³/mol. The van der Waals surface area contributed by atoms with Crippen molar-refractivity contribution in [3.8, 4) is 0 Å². The molecule has 1 aliphatic heterocycles. The Labute approximate surface area is 148 Å². The van der Waals surface area contributed by atoms with Crippen LogP contribution in [0.3, 0.4) is 0 Å². The summed E-state index contributed by atoms with van der Waals surface area (Å²) in [6.07, 6.45) is -6.57. The van der Waals surface area contributed by atoms with Gasteiger partial charge in [0.15, 0.2) is 6.10 Å². The molecule has 9 heteroatoms. The molecule has 2 atom stereocenters. The molecular weight excluding hydrogens is 349 g/mol. The molecule has 3 rings (SSSR count). The lowest BCUT2D eigenvalue weighted by Gasteiger charge is -2.20. The molecule has 2 heterocycles. The van der Waals surface area contributed by atoms with Gasteiger partial charge in [-0.15, -0.1) is 0 Å². The number of nitrogens with zero attached hydrogens (tertiary/aromatic N) is 2. The number of alkyl halides is 3. The van der Waals surface area contributed by atoms with Crippen LogP contribution < -0.4 is 5.32 Å². The third-order valence-electron chi connectivity index (χ3n) is 4.29. The van der Waals surface area contributed by atoms with E-state index in [1.54, 1.807) is 11.8 Å². The van der Waals surface area contributed by atoms with Gasteiger partial charge in [0.1, 0.15) is 5.82 Å². The zero-order valence-electron chi connectivity index (χ0n) is 14.6. The molecule has 1 aliphatic rings. The van der Waals surface area contributed by atoms with Gasteiger partial charge in [0.05, 0.1) is 17.1 Å². The Morgan fingerprint density at radius 1 is 1.35 bits per heavy atom. The predicted octanol–water partition coefficient (Wildman–Crippen LogP) is 2.99. The van der Waals surface area contributed by atoms with Crippen LogP contribution in [0, 0.1) is 0 Å². The van der Waals surface area contributed by atoms with Crippen molar-refractivity contribution in [2.45, 2.75) is 45.2 Å². The Balaban J connectivity index is 1.66. The summed E-state index contributed by atoms with van der Waals surface area (Å²) in [6, 6.07) is 5.55. The van der Waals surface area contributed by atoms with Crippen molar-refractivity contribution in [2.75, 3.05) is 13.1 Å². The highest BCUT2D eigenvalue weighted by molar-refractivity contribution is 5.77. The highest BCUT2D eigenvalue weighted by Gasteiger charge is 2.37. The number of aromatic nitrogens is 2. The number of benzene rings is 1. The Bertz CT molecular complexity index is 790. The van der Waals surface area contributed by atoms with Gasteiger partial charge in [0.25, 0.3) is 0 Å². The molecule has 1 fully saturated rings. The number of rotatable bonds is 6. The number of carbonyl (C=O) groups excluding carboxylic acids is 1. The third kappa shape index (κ3) is 4.27. The highest BCUT2D eigenvalue weighted by Crippen LogP contribution is 2.24. The first-order valence-corrected chi connectivity index (χ1v) is 8.45. The zero-order valence-corrected chi connectivity index (χ0v) is 14.6. The van der Waals surface area contributed by atoms with E-state index >= 15 is 0 Å². The summed E-state index contributed by atoms with van der Waals surface area (Å²) in [7, 11) is 0. The quantitative estimate of drug-likeness (QED) is 0.821. The summed E-state index contributed by atoms with van der Waals surface area (Å²) in [5.74, 6) is 0.568. The molecule has 0 aliphatic carbocycles. The number of carbonyl (C=O) groups is 1. The highest BCUT2D eigenvalue weighted by atomic mass is 19.4. The summed E-state index contributed by atoms with van der Waals surface area (Å²) < 4.78 is 42.7. The molecule has 2 N–H and O–H groups in total. The molecule has 2 amide bonds. The maximum Gasteiger partial charge on any atom is 0.414 e. The second-order valence-electron chi connectivity index (χ2n) is 6.52. The molecule has 6 nitrogen and oxygen atoms in total. The first kappa shape index (κ1) is 18.5. The number of ether oxygens (including phenoxy) is 1. The van der Waals surface area contributed by atoms with Crippen molar-refractivity contribution in [3.05, 3.63) is 29.6 Å². The van der Waals surface area contributed by atoms with E-state index in [0.717, 1.165) is 23.5 Å². The number of nitrogens with one attached hydrogen (secondary N) is 2. The van der Waals surface area contributed by atoms with Gasteiger partial charge in [0.2, 0.25) is 0 Å². The summed E-state index contributed by atoms with van der Waals surface area (Å²) in [4.78, 5) is 20.9. The van der Waals surface area contributed by atoms with Crippen LogP contribution in [0.15, 0.2) is 18.2 Å². The first-order chi connectivity index (χ1) is 12.2. The van der Waals surface area contributed by atoms with Gasteiger partial charge in [-0.2, -0.15) is 13.2 Å².